The van der Waals surface area contributed by atoms with Crippen molar-refractivity contribution in [1.82, 2.24) is 4.90 Å². The molecular formula is C15H20N2O2. The van der Waals surface area contributed by atoms with E-state index >= 15 is 0 Å². The average Bonchev–Trinajstić information content (AvgIpc) is 3.16. The van der Waals surface area contributed by atoms with Crippen molar-refractivity contribution in [3.05, 3.63) is 29.8 Å². The van der Waals surface area contributed by atoms with Gasteiger partial charge < -0.3 is 15.7 Å². The second-order valence-corrected chi connectivity index (χ2v) is 5.94. The number of carbonyl (C=O) groups is 1. The van der Waals surface area contributed by atoms with E-state index in [-0.39, 0.29) is 11.3 Å². The molecule has 3 rings (SSSR count). The molecule has 102 valence electrons. The number of nitrogens with zero attached hydrogens (tertiary/aromatic N) is 1. The maximum absolute atomic E-state index is 12.6. The third-order valence-electron chi connectivity index (χ3n) is 4.54. The molecule has 1 aromatic carbocycles. The van der Waals surface area contributed by atoms with Crippen LogP contribution in [0.4, 0.5) is 5.69 Å². The van der Waals surface area contributed by atoms with Crippen molar-refractivity contribution in [2.75, 3.05) is 18.8 Å². The molecule has 0 spiro atoms. The first-order chi connectivity index (χ1) is 8.99. The van der Waals surface area contributed by atoms with Crippen LogP contribution in [0.5, 0.6) is 0 Å². The molecule has 0 bridgehead atoms. The van der Waals surface area contributed by atoms with Gasteiger partial charge in [-0.25, -0.2) is 0 Å². The predicted molar refractivity (Wildman–Crippen MR) is 73.6 cm³/mol. The fourth-order valence-electron chi connectivity index (χ4n) is 2.89. The standard InChI is InChI=1S/C15H20N2O2/c1-2-14(19)9-17(10-14)13(18)15(7-8-15)11-3-5-12(16)6-4-11/h3-6,19H,2,7-10,16H2,1H3. The van der Waals surface area contributed by atoms with Crippen LogP contribution in [0.3, 0.4) is 0 Å². The van der Waals surface area contributed by atoms with Gasteiger partial charge in [-0.3, -0.25) is 4.79 Å². The quantitative estimate of drug-likeness (QED) is 0.805. The summed E-state index contributed by atoms with van der Waals surface area (Å²) in [7, 11) is 0. The van der Waals surface area contributed by atoms with E-state index in [0.29, 0.717) is 19.5 Å². The summed E-state index contributed by atoms with van der Waals surface area (Å²) in [5, 5.41) is 10.0. The molecular weight excluding hydrogens is 240 g/mol. The maximum atomic E-state index is 12.6. The molecule has 1 aromatic rings. The van der Waals surface area contributed by atoms with Gasteiger partial charge in [0.15, 0.2) is 0 Å². The third-order valence-corrected chi connectivity index (χ3v) is 4.54. The first-order valence-electron chi connectivity index (χ1n) is 6.87. The van der Waals surface area contributed by atoms with Crippen LogP contribution in [0, 0.1) is 0 Å². The van der Waals surface area contributed by atoms with Gasteiger partial charge in [-0.2, -0.15) is 0 Å². The van der Waals surface area contributed by atoms with E-state index in [4.69, 9.17) is 5.73 Å². The van der Waals surface area contributed by atoms with Gasteiger partial charge in [-0.15, -0.1) is 0 Å². The molecule has 4 nitrogen and oxygen atoms in total. The molecule has 3 N–H and O–H groups in total. The van der Waals surface area contributed by atoms with E-state index in [1.807, 2.05) is 31.2 Å². The number of β-amino-alcohol motifs (C(OH)–C–C–N with tert-alkyl or cyclic N) is 1. The number of anilines is 1. The summed E-state index contributed by atoms with van der Waals surface area (Å²) in [4.78, 5) is 14.4. The minimum atomic E-state index is -0.660. The van der Waals surface area contributed by atoms with Crippen LogP contribution in [0.25, 0.3) is 0 Å². The van der Waals surface area contributed by atoms with Crippen molar-refractivity contribution in [2.45, 2.75) is 37.2 Å². The summed E-state index contributed by atoms with van der Waals surface area (Å²) in [6.45, 7) is 2.90. The third kappa shape index (κ3) is 1.91. The maximum Gasteiger partial charge on any atom is 0.233 e. The fraction of sp³-hybridized carbons (Fsp3) is 0.533. The van der Waals surface area contributed by atoms with Crippen molar-refractivity contribution in [2.24, 2.45) is 0 Å². The van der Waals surface area contributed by atoms with Crippen LogP contribution in [0.1, 0.15) is 31.7 Å². The number of aliphatic hydroxyl groups is 1. The number of hydrogen-bond donors (Lipinski definition) is 2. The van der Waals surface area contributed by atoms with Crippen molar-refractivity contribution in [3.63, 3.8) is 0 Å². The zero-order chi connectivity index (χ0) is 13.7. The van der Waals surface area contributed by atoms with E-state index in [1.165, 1.54) is 0 Å². The highest BCUT2D eigenvalue weighted by Crippen LogP contribution is 2.50. The Balaban J connectivity index is 1.75. The first-order valence-corrected chi connectivity index (χ1v) is 6.87. The smallest absolute Gasteiger partial charge is 0.233 e. The van der Waals surface area contributed by atoms with Crippen LogP contribution in [0.15, 0.2) is 24.3 Å². The highest BCUT2D eigenvalue weighted by molar-refractivity contribution is 5.92. The fourth-order valence-corrected chi connectivity index (χ4v) is 2.89. The largest absolute Gasteiger partial charge is 0.399 e. The molecule has 0 unspecified atom stereocenters. The number of nitrogen functional groups attached to an aromatic ring is 1. The molecule has 1 aliphatic carbocycles. The van der Waals surface area contributed by atoms with Gasteiger partial charge in [-0.1, -0.05) is 19.1 Å². The van der Waals surface area contributed by atoms with Gasteiger partial charge in [0.25, 0.3) is 0 Å². The van der Waals surface area contributed by atoms with E-state index in [9.17, 15) is 9.90 Å². The summed E-state index contributed by atoms with van der Waals surface area (Å²) >= 11 is 0. The Morgan fingerprint density at radius 2 is 1.89 bits per heavy atom. The lowest BCUT2D eigenvalue weighted by Gasteiger charge is -2.47. The molecule has 1 saturated heterocycles. The average molecular weight is 260 g/mol. The van der Waals surface area contributed by atoms with Crippen molar-refractivity contribution in [1.29, 1.82) is 0 Å². The number of rotatable bonds is 3. The molecule has 19 heavy (non-hydrogen) atoms. The normalized spacial score (nSPS) is 22.7. The molecule has 1 amide bonds. The molecule has 4 heteroatoms. The lowest BCUT2D eigenvalue weighted by Crippen LogP contribution is -2.64. The van der Waals surface area contributed by atoms with E-state index in [1.54, 1.807) is 4.90 Å². The van der Waals surface area contributed by atoms with Crippen LogP contribution in [-0.2, 0) is 10.2 Å². The molecule has 1 aliphatic heterocycles. The number of nitrogens with two attached hydrogens (primary N) is 1. The van der Waals surface area contributed by atoms with E-state index in [0.717, 1.165) is 24.1 Å². The second kappa shape index (κ2) is 3.97. The monoisotopic (exact) mass is 260 g/mol. The van der Waals surface area contributed by atoms with E-state index in [2.05, 4.69) is 0 Å². The summed E-state index contributed by atoms with van der Waals surface area (Å²) < 4.78 is 0. The Bertz CT molecular complexity index is 499. The van der Waals surface area contributed by atoms with Gasteiger partial charge in [0.05, 0.1) is 24.1 Å². The number of likely N-dealkylation sites (tertiary alicyclic amines) is 1. The molecule has 1 saturated carbocycles. The van der Waals surface area contributed by atoms with Gasteiger partial charge in [-0.05, 0) is 37.0 Å². The molecule has 1 heterocycles. The zero-order valence-corrected chi connectivity index (χ0v) is 11.2. The highest BCUT2D eigenvalue weighted by atomic mass is 16.3. The van der Waals surface area contributed by atoms with Crippen LogP contribution >= 0.6 is 0 Å². The minimum Gasteiger partial charge on any atom is -0.399 e. The summed E-state index contributed by atoms with van der Waals surface area (Å²) in [5.41, 5.74) is 6.46. The Morgan fingerprint density at radius 3 is 2.37 bits per heavy atom. The lowest BCUT2D eigenvalue weighted by molar-refractivity contribution is -0.158. The van der Waals surface area contributed by atoms with Gasteiger partial charge >= 0.3 is 0 Å². The predicted octanol–water partition coefficient (Wildman–Crippen LogP) is 1.28. The number of hydrogen-bond acceptors (Lipinski definition) is 3. The SMILES string of the molecule is CCC1(O)CN(C(=O)C2(c3ccc(N)cc3)CC2)C1. The minimum absolute atomic E-state index is 0.162. The van der Waals surface area contributed by atoms with Crippen LogP contribution < -0.4 is 5.73 Å². The molecule has 0 atom stereocenters. The summed E-state index contributed by atoms with van der Waals surface area (Å²) in [6.07, 6.45) is 2.50. The second-order valence-electron chi connectivity index (χ2n) is 5.94. The van der Waals surface area contributed by atoms with E-state index < -0.39 is 5.60 Å². The van der Waals surface area contributed by atoms with Crippen LogP contribution in [-0.4, -0.2) is 34.6 Å². The summed E-state index contributed by atoms with van der Waals surface area (Å²) in [6, 6.07) is 7.60. The molecule has 0 radical (unpaired) electrons. The van der Waals surface area contributed by atoms with Crippen molar-refractivity contribution < 1.29 is 9.90 Å². The summed E-state index contributed by atoms with van der Waals surface area (Å²) in [5.74, 6) is 0.162. The van der Waals surface area contributed by atoms with Gasteiger partial charge in [0, 0.05) is 5.69 Å². The number of amides is 1. The first kappa shape index (κ1) is 12.5. The van der Waals surface area contributed by atoms with Crippen molar-refractivity contribution >= 4 is 11.6 Å². The van der Waals surface area contributed by atoms with Crippen LogP contribution in [0.2, 0.25) is 0 Å². The molecule has 2 fully saturated rings. The molecule has 0 aromatic heterocycles. The number of carbonyl (C=O) groups excluding carboxylic acids is 1. The Kier molecular flexibility index (Phi) is 2.61. The van der Waals surface area contributed by atoms with Crippen molar-refractivity contribution in [3.8, 4) is 0 Å². The Hall–Kier alpha value is -1.55. The Labute approximate surface area is 113 Å². The zero-order valence-electron chi connectivity index (χ0n) is 11.2. The number of benzene rings is 1. The topological polar surface area (TPSA) is 66.6 Å². The molecule has 2 aliphatic rings. The highest BCUT2D eigenvalue weighted by Gasteiger charge is 2.56. The lowest BCUT2D eigenvalue weighted by atomic mass is 9.87. The van der Waals surface area contributed by atoms with Gasteiger partial charge in [0.2, 0.25) is 5.91 Å². The Morgan fingerprint density at radius 1 is 1.32 bits per heavy atom. The van der Waals surface area contributed by atoms with Gasteiger partial charge in [0.1, 0.15) is 0 Å².